The standard InChI is InChI=1S/C28H31BF2O4.C27H29BF2O4.C23H17BrF2O3.C10H7BF2O4.2Na.H2O/c1-15-18(13-21(30)25(31)24(15)26(32)33-14-16-8-6-5-7-9-16)19-12-20(19)29-34-23-11-17-10-22(27(17,2)3)28(23,4)35-29;1-16-18(10-11-28-33-22-14-19-13-21(26(19,2)3)27(22,4)34-28)12-20(29)24(30)23(16)25(31)32-15-17-8-6-5-7-9-17;24-12-11-18-13-19(25)21(26)20(22(18)28-14-16-7-3-1-4-8-16)23(27)29-15-17-9-5-2-6-10-17;12-8-2-5-4-1-7(4)11(15,16)17-10(5)6(3-14)9(8)13;;;/h5-9,13,17,19-20,22-23H,10-12,14H2,1-4H3;5-12,19,21-22H,13-15H2,1-4H3;1-13H,14-15H2;2,4,7,15-16H,1H2;;;1H2/q;;;-2;2*+1;/p+1/b;11-10-;12-11-;;;;/t17?,19?,20?,22?,23?,28-;19?,21?,22?,27-;;;;;/m00...../s1. The van der Waals surface area contributed by atoms with Gasteiger partial charge in [-0.25, -0.2) is 45.1 Å². The largest absolute Gasteiger partial charge is 1.00 e. The minimum atomic E-state index is -3.11. The first-order valence-corrected chi connectivity index (χ1v) is 39.3. The maximum atomic E-state index is 14.7. The Kier molecular flexibility index (Phi) is 28.6. The Hall–Kier alpha value is -7.25. The third-order valence-corrected chi connectivity index (χ3v) is 25.6. The number of esters is 3. The molecule has 8 saturated carbocycles. The SMILES string of the molecule is Cc1c(/C=C\B2OC3CC4CC(C4(C)C)[C@]3(C)O2)cc(F)c(F)c1C(=O)OCc1ccccc1.Cc1c(C2CC2B2OC3CC4CC(C4(C)C)[C@]3(C)O2)cc(F)c(F)c1C(=O)OCc1ccccc1.O=C(OCc1ccccc1)c1c(F)c(F)cc(/C=C\Br)c1OCc1ccccc1.O=[C-]c1c(F)c(F)cc2c1O[B-](O)(O)C1CC21.[Na+].[Na+].[OH3+]. The molecule has 5 N–H and O–H groups in total. The van der Waals surface area contributed by atoms with Crippen molar-refractivity contribution in [3.8, 4) is 11.5 Å². The van der Waals surface area contributed by atoms with Gasteiger partial charge in [0.2, 0.25) is 0 Å². The summed E-state index contributed by atoms with van der Waals surface area (Å²) in [5.74, 6) is -9.51. The average Bonchev–Trinajstić information content (AvgIpc) is 1.43. The topological polar surface area (TPSA) is 225 Å². The number of hydrogen-bond donors (Lipinski definition) is 2. The van der Waals surface area contributed by atoms with Crippen molar-refractivity contribution in [2.45, 2.75) is 167 Å². The van der Waals surface area contributed by atoms with Crippen molar-refractivity contribution in [1.82, 2.24) is 0 Å². The molecule has 2 saturated heterocycles. The van der Waals surface area contributed by atoms with Crippen LogP contribution in [0, 0.1) is 94.9 Å². The summed E-state index contributed by atoms with van der Waals surface area (Å²) in [6, 6.07) is 40.5. The number of halogens is 9. The van der Waals surface area contributed by atoms with E-state index in [4.69, 9.17) is 42.2 Å². The van der Waals surface area contributed by atoms with Crippen LogP contribution in [0.3, 0.4) is 0 Å². The minimum Gasteiger partial charge on any atom is -0.732 e. The van der Waals surface area contributed by atoms with Crippen LogP contribution in [-0.4, -0.2) is 78.6 Å². The molecule has 12 atom stereocenters. The zero-order valence-corrected chi connectivity index (χ0v) is 72.5. The first-order chi connectivity index (χ1) is 54.8. The van der Waals surface area contributed by atoms with Crippen molar-refractivity contribution >= 4 is 73.3 Å². The van der Waals surface area contributed by atoms with Crippen LogP contribution >= 0.6 is 15.9 Å². The van der Waals surface area contributed by atoms with E-state index in [9.17, 15) is 64.3 Å². The molecule has 0 aromatic heterocycles. The van der Waals surface area contributed by atoms with Crippen molar-refractivity contribution in [3.63, 3.8) is 0 Å². The summed E-state index contributed by atoms with van der Waals surface area (Å²) in [7, 11) is -0.933. The Bertz CT molecular complexity index is 5120. The molecular formula is C88H87B3BrF8Na2O16+. The van der Waals surface area contributed by atoms with Gasteiger partial charge in [0.15, 0.2) is 34.9 Å². The molecule has 19 rings (SSSR count). The summed E-state index contributed by atoms with van der Waals surface area (Å²) in [5.41, 5.74) is 3.17. The second kappa shape index (κ2) is 36.8. The maximum absolute atomic E-state index is 14.7. The number of carbonyl (C=O) groups is 3. The molecule has 8 aromatic carbocycles. The van der Waals surface area contributed by atoms with Gasteiger partial charge in [0, 0.05) is 11.4 Å². The number of fused-ring (bicyclic) bond motifs is 3. The Morgan fingerprint density at radius 3 is 1.46 bits per heavy atom. The molecule has 10 unspecified atom stereocenters. The minimum absolute atomic E-state index is 0. The van der Waals surface area contributed by atoms with Gasteiger partial charge in [-0.15, -0.1) is 0 Å². The Labute approximate surface area is 732 Å². The summed E-state index contributed by atoms with van der Waals surface area (Å²) in [4.78, 5) is 50.1. The van der Waals surface area contributed by atoms with Crippen molar-refractivity contribution in [1.29, 1.82) is 0 Å². The van der Waals surface area contributed by atoms with Gasteiger partial charge in [0.1, 0.15) is 54.7 Å². The summed E-state index contributed by atoms with van der Waals surface area (Å²) in [5, 5.41) is 19.1. The Balaban J connectivity index is 0.000000157. The van der Waals surface area contributed by atoms with E-state index >= 15 is 0 Å². The first kappa shape index (κ1) is 91.5. The van der Waals surface area contributed by atoms with E-state index in [2.05, 4.69) is 57.5 Å². The molecule has 10 fully saturated rings. The fraction of sp³-hybridized carbons (Fsp3) is 0.364. The summed E-state index contributed by atoms with van der Waals surface area (Å²) in [6.07, 6.45) is 9.93. The molecule has 0 radical (unpaired) electrons. The van der Waals surface area contributed by atoms with Gasteiger partial charge in [-0.1, -0.05) is 200 Å². The Morgan fingerprint density at radius 2 is 0.966 bits per heavy atom. The quantitative estimate of drug-likeness (QED) is 0.0203. The zero-order valence-electron chi connectivity index (χ0n) is 66.9. The van der Waals surface area contributed by atoms with E-state index in [0.717, 1.165) is 66.1 Å². The normalized spacial score (nSPS) is 25.2. The van der Waals surface area contributed by atoms with Gasteiger partial charge in [-0.05, 0) is 192 Å². The van der Waals surface area contributed by atoms with Crippen molar-refractivity contribution in [2.75, 3.05) is 0 Å². The van der Waals surface area contributed by atoms with Crippen LogP contribution in [0.4, 0.5) is 35.1 Å². The summed E-state index contributed by atoms with van der Waals surface area (Å²) in [6.45, 7) is 13.7. The van der Waals surface area contributed by atoms with Gasteiger partial charge < -0.3 is 62.5 Å². The van der Waals surface area contributed by atoms with Gasteiger partial charge in [-0.3, -0.25) is 4.39 Å². The van der Waals surface area contributed by atoms with Gasteiger partial charge in [-0.2, -0.15) is 0 Å². The van der Waals surface area contributed by atoms with Crippen LogP contribution in [0.1, 0.15) is 184 Å². The fourth-order valence-corrected chi connectivity index (χ4v) is 18.6. The number of rotatable bonds is 18. The summed E-state index contributed by atoms with van der Waals surface area (Å²) >= 11 is 3.11. The molecule has 0 amide bonds. The van der Waals surface area contributed by atoms with Crippen LogP contribution in [-0.2, 0) is 69.5 Å². The van der Waals surface area contributed by atoms with Gasteiger partial charge in [0.25, 0.3) is 0 Å². The zero-order chi connectivity index (χ0) is 82.0. The van der Waals surface area contributed by atoms with Crippen molar-refractivity contribution in [2.24, 2.45) is 34.5 Å². The molecule has 3 heterocycles. The summed E-state index contributed by atoms with van der Waals surface area (Å²) < 4.78 is 166. The molecule has 118 heavy (non-hydrogen) atoms. The molecule has 3 aliphatic heterocycles. The predicted octanol–water partition coefficient (Wildman–Crippen LogP) is 12.1. The monoisotopic (exact) mass is 1710 g/mol. The van der Waals surface area contributed by atoms with Crippen molar-refractivity contribution in [3.05, 3.63) is 281 Å². The van der Waals surface area contributed by atoms with E-state index < -0.39 is 101 Å². The van der Waals surface area contributed by atoms with Crippen LogP contribution in [0.15, 0.2) is 157 Å². The number of hydrogen-bond acceptors (Lipinski definition) is 15. The van der Waals surface area contributed by atoms with Gasteiger partial charge >= 0.3 is 98.0 Å². The Morgan fingerprint density at radius 1 is 0.534 bits per heavy atom. The molecule has 0 spiro atoms. The smallest absolute Gasteiger partial charge is 0.732 e. The molecule has 608 valence electrons. The molecule has 8 aromatic rings. The van der Waals surface area contributed by atoms with E-state index in [-0.39, 0.29) is 173 Å². The second-order valence-electron chi connectivity index (χ2n) is 32.7. The molecule has 30 heteroatoms. The molecule has 4 bridgehead atoms. The third-order valence-electron chi connectivity index (χ3n) is 25.3. The third kappa shape index (κ3) is 18.2. The maximum Gasteiger partial charge on any atom is 1.00 e. The molecule has 16 nitrogen and oxygen atoms in total. The average molecular weight is 1710 g/mol. The van der Waals surface area contributed by atoms with E-state index in [1.165, 1.54) is 29.8 Å². The number of ether oxygens (including phenoxy) is 4. The first-order valence-electron chi connectivity index (χ1n) is 38.4. The van der Waals surface area contributed by atoms with Crippen molar-refractivity contribution < 1.29 is 171 Å². The van der Waals surface area contributed by atoms with Crippen LogP contribution in [0.2, 0.25) is 11.6 Å². The molecule has 8 aliphatic carbocycles. The van der Waals surface area contributed by atoms with Crippen LogP contribution in [0.25, 0.3) is 12.2 Å². The number of benzene rings is 8. The number of carbonyl (C=O) groups excluding carboxylic acids is 4. The predicted molar refractivity (Wildman–Crippen MR) is 422 cm³/mol. The fourth-order valence-electron chi connectivity index (χ4n) is 18.3. The second-order valence-corrected chi connectivity index (χ2v) is 33.3. The molecule has 11 aliphatic rings. The van der Waals surface area contributed by atoms with Crippen LogP contribution < -0.4 is 68.5 Å². The van der Waals surface area contributed by atoms with E-state index in [1.807, 2.05) is 84.9 Å². The molecular weight excluding hydrogens is 1620 g/mol. The van der Waals surface area contributed by atoms with E-state index in [0.29, 0.717) is 57.9 Å². The van der Waals surface area contributed by atoms with Gasteiger partial charge in [0.05, 0.1) is 35.5 Å². The van der Waals surface area contributed by atoms with E-state index in [1.54, 1.807) is 62.3 Å². The van der Waals surface area contributed by atoms with Crippen LogP contribution in [0.5, 0.6) is 11.5 Å².